The molecule has 1 fully saturated rings. The van der Waals surface area contributed by atoms with Crippen LogP contribution in [0.15, 0.2) is 66.7 Å². The molecule has 2 heterocycles. The van der Waals surface area contributed by atoms with Crippen LogP contribution in [0.4, 0.5) is 17.1 Å². The zero-order valence-electron chi connectivity index (χ0n) is 16.9. The van der Waals surface area contributed by atoms with E-state index in [-0.39, 0.29) is 0 Å². The lowest BCUT2D eigenvalue weighted by Gasteiger charge is -2.32. The lowest BCUT2D eigenvalue weighted by Crippen LogP contribution is -2.35. The van der Waals surface area contributed by atoms with Crippen LogP contribution in [0.5, 0.6) is 5.75 Å². The molecule has 2 N–H and O–H groups in total. The van der Waals surface area contributed by atoms with E-state index in [0.717, 1.165) is 60.3 Å². The first-order valence-electron chi connectivity index (χ1n) is 10.5. The summed E-state index contributed by atoms with van der Waals surface area (Å²) in [5, 5.41) is 0.759. The van der Waals surface area contributed by atoms with Gasteiger partial charge in [0.15, 0.2) is 0 Å². The van der Waals surface area contributed by atoms with E-state index < -0.39 is 0 Å². The zero-order chi connectivity index (χ0) is 20.5. The van der Waals surface area contributed by atoms with Crippen molar-refractivity contribution in [2.75, 3.05) is 30.3 Å². The van der Waals surface area contributed by atoms with E-state index in [1.807, 2.05) is 24.3 Å². The lowest BCUT2D eigenvalue weighted by molar-refractivity contribution is 0.310. The summed E-state index contributed by atoms with van der Waals surface area (Å²) in [7, 11) is 0. The van der Waals surface area contributed by atoms with Crippen molar-refractivity contribution in [1.82, 2.24) is 4.90 Å². The normalized spacial score (nSPS) is 18.4. The minimum Gasteiger partial charge on any atom is -0.487 e. The molecule has 2 aliphatic rings. The van der Waals surface area contributed by atoms with Gasteiger partial charge in [-0.05, 0) is 54.8 Å². The summed E-state index contributed by atoms with van der Waals surface area (Å²) in [6, 6.07) is 23.0. The number of rotatable bonds is 4. The van der Waals surface area contributed by atoms with E-state index in [1.165, 1.54) is 11.1 Å². The largest absolute Gasteiger partial charge is 0.487 e. The van der Waals surface area contributed by atoms with Crippen LogP contribution >= 0.6 is 11.6 Å². The maximum Gasteiger partial charge on any atom is 0.143 e. The fourth-order valence-electron chi connectivity index (χ4n) is 4.60. The summed E-state index contributed by atoms with van der Waals surface area (Å²) < 4.78 is 6.14. The van der Waals surface area contributed by atoms with Gasteiger partial charge in [0.25, 0.3) is 0 Å². The molecule has 4 nitrogen and oxygen atoms in total. The number of anilines is 3. The molecule has 154 valence electrons. The molecule has 5 rings (SSSR count). The highest BCUT2D eigenvalue weighted by molar-refractivity contribution is 6.30. The van der Waals surface area contributed by atoms with Crippen molar-refractivity contribution in [1.29, 1.82) is 0 Å². The van der Waals surface area contributed by atoms with Crippen molar-refractivity contribution in [2.45, 2.75) is 25.5 Å². The molecule has 1 atom stereocenters. The van der Waals surface area contributed by atoms with Crippen LogP contribution in [0, 0.1) is 0 Å². The predicted molar refractivity (Wildman–Crippen MR) is 124 cm³/mol. The molecule has 3 aromatic carbocycles. The quantitative estimate of drug-likeness (QED) is 0.585. The van der Waals surface area contributed by atoms with Gasteiger partial charge in [0.05, 0.1) is 5.69 Å². The van der Waals surface area contributed by atoms with Gasteiger partial charge in [0, 0.05) is 47.6 Å². The van der Waals surface area contributed by atoms with Gasteiger partial charge < -0.3 is 20.3 Å². The fourth-order valence-corrected chi connectivity index (χ4v) is 4.77. The van der Waals surface area contributed by atoms with Gasteiger partial charge in [-0.2, -0.15) is 0 Å². The minimum absolute atomic E-state index is 0.380. The van der Waals surface area contributed by atoms with Crippen LogP contribution in [0.1, 0.15) is 17.5 Å². The van der Waals surface area contributed by atoms with Gasteiger partial charge in [-0.15, -0.1) is 0 Å². The molecule has 0 radical (unpaired) electrons. The molecule has 3 aromatic rings. The number of likely N-dealkylation sites (tertiary alicyclic amines) is 1. The summed E-state index contributed by atoms with van der Waals surface area (Å²) in [6.07, 6.45) is 2.12. The Balaban J connectivity index is 1.39. The first kappa shape index (κ1) is 19.3. The van der Waals surface area contributed by atoms with Crippen molar-refractivity contribution in [2.24, 2.45) is 0 Å². The molecule has 30 heavy (non-hydrogen) atoms. The highest BCUT2D eigenvalue weighted by atomic mass is 35.5. The Bertz CT molecular complexity index is 1050. The van der Waals surface area contributed by atoms with Crippen LogP contribution < -0.4 is 15.4 Å². The zero-order valence-corrected chi connectivity index (χ0v) is 17.7. The number of ether oxygens (including phenoxy) is 1. The number of hydrogen-bond donors (Lipinski definition) is 1. The highest BCUT2D eigenvalue weighted by Gasteiger charge is 2.32. The van der Waals surface area contributed by atoms with Crippen LogP contribution in [0.3, 0.4) is 0 Å². The summed E-state index contributed by atoms with van der Waals surface area (Å²) >= 11 is 6.40. The third-order valence-corrected chi connectivity index (χ3v) is 6.33. The van der Waals surface area contributed by atoms with Gasteiger partial charge in [-0.25, -0.2) is 0 Å². The van der Waals surface area contributed by atoms with Gasteiger partial charge >= 0.3 is 0 Å². The van der Waals surface area contributed by atoms with Crippen LogP contribution in [-0.4, -0.2) is 30.6 Å². The Kier molecular flexibility index (Phi) is 5.28. The fraction of sp³-hybridized carbons (Fsp3) is 0.280. The molecular formula is C25H26ClN3O. The molecule has 0 bridgehead atoms. The molecule has 2 aliphatic heterocycles. The van der Waals surface area contributed by atoms with Crippen LogP contribution in [0.25, 0.3) is 0 Å². The Morgan fingerprint density at radius 2 is 1.90 bits per heavy atom. The van der Waals surface area contributed by atoms with Gasteiger partial charge in [-0.1, -0.05) is 41.9 Å². The van der Waals surface area contributed by atoms with Crippen molar-refractivity contribution in [3.63, 3.8) is 0 Å². The minimum atomic E-state index is 0.380. The maximum absolute atomic E-state index is 6.40. The maximum atomic E-state index is 6.40. The van der Waals surface area contributed by atoms with E-state index in [2.05, 4.69) is 52.3 Å². The number of hydrogen-bond acceptors (Lipinski definition) is 4. The Morgan fingerprint density at radius 3 is 2.80 bits per heavy atom. The molecule has 0 spiro atoms. The first-order valence-corrected chi connectivity index (χ1v) is 10.9. The summed E-state index contributed by atoms with van der Waals surface area (Å²) in [5.41, 5.74) is 11.5. The van der Waals surface area contributed by atoms with E-state index >= 15 is 0 Å². The second-order valence-electron chi connectivity index (χ2n) is 8.14. The average molecular weight is 420 g/mol. The number of nitrogen functional groups attached to an aromatic ring is 1. The monoisotopic (exact) mass is 419 g/mol. The van der Waals surface area contributed by atoms with E-state index in [1.54, 1.807) is 0 Å². The standard InChI is InChI=1S/C25H26ClN3O/c26-20-9-8-19-17-30-25-7-2-1-6-23(25)29(24(19)15-20)22-11-13-28(16-22)12-10-18-4-3-5-21(27)14-18/h1-9,14-15,22H,10-13,16-17,27H2. The third kappa shape index (κ3) is 3.85. The van der Waals surface area contributed by atoms with Gasteiger partial charge in [0.2, 0.25) is 0 Å². The van der Waals surface area contributed by atoms with Gasteiger partial charge in [-0.3, -0.25) is 0 Å². The number of benzene rings is 3. The second kappa shape index (κ2) is 8.21. The SMILES string of the molecule is Nc1cccc(CCN2CCC(N3c4cc(Cl)ccc4COc4ccccc43)C2)c1. The molecule has 5 heteroatoms. The van der Waals surface area contributed by atoms with Crippen molar-refractivity contribution < 1.29 is 4.74 Å². The predicted octanol–water partition coefficient (Wildman–Crippen LogP) is 5.27. The summed E-state index contributed by atoms with van der Waals surface area (Å²) in [4.78, 5) is 5.00. The molecule has 1 saturated heterocycles. The van der Waals surface area contributed by atoms with Crippen molar-refractivity contribution in [3.8, 4) is 5.75 Å². The molecule has 0 amide bonds. The Labute approximate surface area is 182 Å². The first-order chi connectivity index (χ1) is 14.7. The number of nitrogens with two attached hydrogens (primary N) is 1. The van der Waals surface area contributed by atoms with Crippen LogP contribution in [-0.2, 0) is 13.0 Å². The van der Waals surface area contributed by atoms with E-state index in [4.69, 9.17) is 22.1 Å². The number of para-hydroxylation sites is 2. The van der Waals surface area contributed by atoms with Crippen LogP contribution in [0.2, 0.25) is 5.02 Å². The van der Waals surface area contributed by atoms with Gasteiger partial charge in [0.1, 0.15) is 12.4 Å². The summed E-state index contributed by atoms with van der Waals surface area (Å²) in [5.74, 6) is 0.933. The summed E-state index contributed by atoms with van der Waals surface area (Å²) in [6.45, 7) is 3.70. The second-order valence-corrected chi connectivity index (χ2v) is 8.57. The number of fused-ring (bicyclic) bond motifs is 2. The number of nitrogens with zero attached hydrogens (tertiary/aromatic N) is 2. The highest BCUT2D eigenvalue weighted by Crippen LogP contribution is 2.43. The molecule has 0 saturated carbocycles. The third-order valence-electron chi connectivity index (χ3n) is 6.10. The molecular weight excluding hydrogens is 394 g/mol. The van der Waals surface area contributed by atoms with Crippen molar-refractivity contribution >= 4 is 28.7 Å². The lowest BCUT2D eigenvalue weighted by atomic mass is 10.1. The number of halogens is 1. The molecule has 0 aromatic heterocycles. The smallest absolute Gasteiger partial charge is 0.143 e. The Hall–Kier alpha value is -2.69. The van der Waals surface area contributed by atoms with E-state index in [9.17, 15) is 0 Å². The Morgan fingerprint density at radius 1 is 1.00 bits per heavy atom. The topological polar surface area (TPSA) is 41.7 Å². The molecule has 0 aliphatic carbocycles. The van der Waals surface area contributed by atoms with E-state index in [0.29, 0.717) is 12.6 Å². The van der Waals surface area contributed by atoms with Crippen molar-refractivity contribution in [3.05, 3.63) is 82.9 Å². The average Bonchev–Trinajstić information content (AvgIpc) is 3.15. The molecule has 1 unspecified atom stereocenters.